The van der Waals surface area contributed by atoms with Crippen LogP contribution in [0.25, 0.3) is 10.4 Å². The molecule has 0 amide bonds. The van der Waals surface area contributed by atoms with Gasteiger partial charge in [0.1, 0.15) is 0 Å². The number of hydrogen-bond donors (Lipinski definition) is 1. The molecule has 2 heterocycles. The van der Waals surface area contributed by atoms with Crippen LogP contribution in [-0.2, 0) is 6.54 Å². The maximum atomic E-state index is 3.75. The van der Waals surface area contributed by atoms with Gasteiger partial charge in [0, 0.05) is 27.4 Å². The Morgan fingerprint density at radius 1 is 1.28 bits per heavy atom. The van der Waals surface area contributed by atoms with E-state index in [-0.39, 0.29) is 0 Å². The van der Waals surface area contributed by atoms with E-state index < -0.39 is 0 Å². The SMILES string of the molecule is CC1(NCc2cc(-c3cccs3)cs2)CCCC1. The summed E-state index contributed by atoms with van der Waals surface area (Å²) in [4.78, 5) is 2.83. The Hall–Kier alpha value is -0.640. The van der Waals surface area contributed by atoms with E-state index in [2.05, 4.69) is 41.2 Å². The molecule has 96 valence electrons. The Kier molecular flexibility index (Phi) is 3.55. The average Bonchev–Trinajstić information content (AvgIpc) is 3.08. The Morgan fingerprint density at radius 3 is 2.83 bits per heavy atom. The molecule has 18 heavy (non-hydrogen) atoms. The van der Waals surface area contributed by atoms with Crippen molar-refractivity contribution in [3.8, 4) is 10.4 Å². The van der Waals surface area contributed by atoms with Crippen LogP contribution in [0.4, 0.5) is 0 Å². The van der Waals surface area contributed by atoms with Crippen LogP contribution in [0.5, 0.6) is 0 Å². The van der Waals surface area contributed by atoms with Gasteiger partial charge < -0.3 is 5.32 Å². The van der Waals surface area contributed by atoms with Crippen molar-refractivity contribution in [2.45, 2.75) is 44.7 Å². The Morgan fingerprint density at radius 2 is 2.11 bits per heavy atom. The van der Waals surface area contributed by atoms with E-state index in [0.29, 0.717) is 5.54 Å². The van der Waals surface area contributed by atoms with Crippen LogP contribution in [0.15, 0.2) is 29.0 Å². The first-order chi connectivity index (χ1) is 8.75. The molecule has 1 fully saturated rings. The van der Waals surface area contributed by atoms with Crippen molar-refractivity contribution in [1.29, 1.82) is 0 Å². The first-order valence-corrected chi connectivity index (χ1v) is 8.37. The summed E-state index contributed by atoms with van der Waals surface area (Å²) in [5.41, 5.74) is 1.76. The molecule has 1 aliphatic carbocycles. The molecular weight excluding hydrogens is 258 g/mol. The van der Waals surface area contributed by atoms with Crippen molar-refractivity contribution >= 4 is 22.7 Å². The fourth-order valence-electron chi connectivity index (χ4n) is 2.68. The fourth-order valence-corrected chi connectivity index (χ4v) is 4.29. The first-order valence-electron chi connectivity index (χ1n) is 6.62. The highest BCUT2D eigenvalue weighted by Crippen LogP contribution is 2.31. The summed E-state index contributed by atoms with van der Waals surface area (Å²) in [6.45, 7) is 3.39. The number of hydrogen-bond acceptors (Lipinski definition) is 3. The average molecular weight is 277 g/mol. The van der Waals surface area contributed by atoms with E-state index in [1.54, 1.807) is 0 Å². The molecule has 2 aromatic rings. The van der Waals surface area contributed by atoms with Gasteiger partial charge in [-0.1, -0.05) is 18.9 Å². The third-order valence-electron chi connectivity index (χ3n) is 3.86. The number of nitrogens with one attached hydrogen (secondary N) is 1. The minimum absolute atomic E-state index is 0.382. The van der Waals surface area contributed by atoms with Crippen molar-refractivity contribution in [3.05, 3.63) is 33.8 Å². The molecule has 1 N–H and O–H groups in total. The molecule has 0 spiro atoms. The smallest absolute Gasteiger partial charge is 0.0351 e. The summed E-state index contributed by atoms with van der Waals surface area (Å²) in [7, 11) is 0. The second-order valence-corrected chi connectivity index (χ2v) is 7.34. The second kappa shape index (κ2) is 5.16. The summed E-state index contributed by atoms with van der Waals surface area (Å²) in [5.74, 6) is 0. The highest BCUT2D eigenvalue weighted by Gasteiger charge is 2.27. The normalized spacial score (nSPS) is 18.3. The summed E-state index contributed by atoms with van der Waals surface area (Å²) < 4.78 is 0. The molecule has 0 saturated heterocycles. The molecule has 0 atom stereocenters. The summed E-state index contributed by atoms with van der Waals surface area (Å²) in [6, 6.07) is 6.65. The molecule has 1 nitrogen and oxygen atoms in total. The van der Waals surface area contributed by atoms with E-state index in [9.17, 15) is 0 Å². The predicted octanol–water partition coefficient (Wildman–Crippen LogP) is 4.90. The van der Waals surface area contributed by atoms with Gasteiger partial charge in [-0.25, -0.2) is 0 Å². The van der Waals surface area contributed by atoms with Crippen molar-refractivity contribution in [3.63, 3.8) is 0 Å². The maximum Gasteiger partial charge on any atom is 0.0351 e. The summed E-state index contributed by atoms with van der Waals surface area (Å²) in [5, 5.41) is 8.17. The van der Waals surface area contributed by atoms with Crippen LogP contribution in [0.1, 0.15) is 37.5 Å². The summed E-state index contributed by atoms with van der Waals surface area (Å²) in [6.07, 6.45) is 5.43. The van der Waals surface area contributed by atoms with E-state index in [1.165, 1.54) is 41.0 Å². The molecule has 0 aromatic carbocycles. The van der Waals surface area contributed by atoms with Gasteiger partial charge in [0.15, 0.2) is 0 Å². The molecule has 1 saturated carbocycles. The molecule has 3 heteroatoms. The van der Waals surface area contributed by atoms with Gasteiger partial charge in [0.2, 0.25) is 0 Å². The van der Waals surface area contributed by atoms with Crippen LogP contribution >= 0.6 is 22.7 Å². The van der Waals surface area contributed by atoms with Gasteiger partial charge in [-0.05, 0) is 42.7 Å². The molecule has 0 radical (unpaired) electrons. The molecule has 0 aliphatic heterocycles. The lowest BCUT2D eigenvalue weighted by molar-refractivity contribution is 0.364. The zero-order valence-corrected chi connectivity index (χ0v) is 12.4. The largest absolute Gasteiger partial charge is 0.307 e. The number of rotatable bonds is 4. The minimum Gasteiger partial charge on any atom is -0.307 e. The second-order valence-electron chi connectivity index (χ2n) is 5.40. The van der Waals surface area contributed by atoms with Gasteiger partial charge >= 0.3 is 0 Å². The third-order valence-corrected chi connectivity index (χ3v) is 5.71. The molecular formula is C15H19NS2. The number of thiophene rings is 2. The van der Waals surface area contributed by atoms with Crippen LogP contribution in [0.3, 0.4) is 0 Å². The third kappa shape index (κ3) is 2.68. The van der Waals surface area contributed by atoms with Crippen molar-refractivity contribution in [2.24, 2.45) is 0 Å². The molecule has 0 bridgehead atoms. The highest BCUT2D eigenvalue weighted by molar-refractivity contribution is 7.14. The Balaban J connectivity index is 1.64. The van der Waals surface area contributed by atoms with E-state index >= 15 is 0 Å². The first kappa shape index (κ1) is 12.4. The quantitative estimate of drug-likeness (QED) is 0.838. The zero-order valence-electron chi connectivity index (χ0n) is 10.7. The van der Waals surface area contributed by atoms with Crippen molar-refractivity contribution < 1.29 is 0 Å². The fraction of sp³-hybridized carbons (Fsp3) is 0.467. The van der Waals surface area contributed by atoms with E-state index in [1.807, 2.05) is 22.7 Å². The standard InChI is InChI=1S/C15H19NS2/c1-15(6-2-3-7-15)16-10-13-9-12(11-18-13)14-5-4-8-17-14/h4-5,8-9,11,16H,2-3,6-7,10H2,1H3. The maximum absolute atomic E-state index is 3.75. The van der Waals surface area contributed by atoms with Crippen LogP contribution in [-0.4, -0.2) is 5.54 Å². The highest BCUT2D eigenvalue weighted by atomic mass is 32.1. The lowest BCUT2D eigenvalue weighted by atomic mass is 10.0. The molecule has 3 rings (SSSR count). The molecule has 2 aromatic heterocycles. The summed E-state index contributed by atoms with van der Waals surface area (Å²) >= 11 is 3.69. The molecule has 0 unspecified atom stereocenters. The Labute approximate surface area is 117 Å². The van der Waals surface area contributed by atoms with Crippen LogP contribution in [0, 0.1) is 0 Å². The monoisotopic (exact) mass is 277 g/mol. The Bertz CT molecular complexity index is 492. The van der Waals surface area contributed by atoms with Gasteiger partial charge in [0.25, 0.3) is 0 Å². The minimum atomic E-state index is 0.382. The van der Waals surface area contributed by atoms with Crippen molar-refractivity contribution in [1.82, 2.24) is 5.32 Å². The lowest BCUT2D eigenvalue weighted by Gasteiger charge is -2.24. The van der Waals surface area contributed by atoms with E-state index in [4.69, 9.17) is 0 Å². The van der Waals surface area contributed by atoms with Gasteiger partial charge in [-0.15, -0.1) is 22.7 Å². The van der Waals surface area contributed by atoms with Gasteiger partial charge in [-0.3, -0.25) is 0 Å². The molecule has 1 aliphatic rings. The van der Waals surface area contributed by atoms with Crippen LogP contribution < -0.4 is 5.32 Å². The van der Waals surface area contributed by atoms with E-state index in [0.717, 1.165) is 6.54 Å². The van der Waals surface area contributed by atoms with Gasteiger partial charge in [-0.2, -0.15) is 0 Å². The lowest BCUT2D eigenvalue weighted by Crippen LogP contribution is -2.38. The van der Waals surface area contributed by atoms with Crippen molar-refractivity contribution in [2.75, 3.05) is 0 Å². The predicted molar refractivity (Wildman–Crippen MR) is 81.3 cm³/mol. The van der Waals surface area contributed by atoms with Crippen LogP contribution in [0.2, 0.25) is 0 Å². The van der Waals surface area contributed by atoms with Gasteiger partial charge in [0.05, 0.1) is 0 Å². The topological polar surface area (TPSA) is 12.0 Å². The zero-order chi connectivity index (χ0) is 12.4.